The van der Waals surface area contributed by atoms with Crippen LogP contribution in [0.15, 0.2) is 16.7 Å². The van der Waals surface area contributed by atoms with Crippen LogP contribution in [-0.2, 0) is 6.42 Å². The van der Waals surface area contributed by atoms with Crippen molar-refractivity contribution in [2.45, 2.75) is 77.6 Å². The number of aromatic amines is 1. The first-order chi connectivity index (χ1) is 12.7. The van der Waals surface area contributed by atoms with Crippen molar-refractivity contribution in [3.8, 4) is 0 Å². The number of aryl methyl sites for hydroxylation is 1. The monoisotopic (exact) mass is 382 g/mol. The highest BCUT2D eigenvalue weighted by atomic mass is 32.1. The molecule has 6 nitrogen and oxygen atoms in total. The fourth-order valence-electron chi connectivity index (χ4n) is 2.56. The minimum atomic E-state index is -0.0382. The van der Waals surface area contributed by atoms with Gasteiger partial charge in [-0.2, -0.15) is 0 Å². The lowest BCUT2D eigenvalue weighted by Gasteiger charge is -2.06. The normalized spacial score (nSPS) is 11.1. The van der Waals surface area contributed by atoms with Crippen molar-refractivity contribution in [3.05, 3.63) is 22.8 Å². The van der Waals surface area contributed by atoms with Crippen LogP contribution in [0.2, 0.25) is 0 Å². The van der Waals surface area contributed by atoms with Gasteiger partial charge in [0.2, 0.25) is 0 Å². The largest absolute Gasteiger partial charge is 0.338 e. The molecule has 1 heterocycles. The predicted octanol–water partition coefficient (Wildman–Crippen LogP) is 5.05. The highest BCUT2D eigenvalue weighted by Crippen LogP contribution is 2.06. The van der Waals surface area contributed by atoms with E-state index in [4.69, 9.17) is 16.7 Å². The van der Waals surface area contributed by atoms with Gasteiger partial charge in [0.25, 0.3) is 4.84 Å². The molecule has 0 bridgehead atoms. The van der Waals surface area contributed by atoms with Crippen molar-refractivity contribution in [3.63, 3.8) is 0 Å². The quantitative estimate of drug-likeness (QED) is 0.225. The Balaban J connectivity index is 1.83. The molecule has 0 aliphatic heterocycles. The Morgan fingerprint density at radius 2 is 1.69 bits per heavy atom. The zero-order chi connectivity index (χ0) is 18.9. The lowest BCUT2D eigenvalue weighted by molar-refractivity contribution is 0.240. The van der Waals surface area contributed by atoms with Gasteiger partial charge in [-0.15, -0.1) is 0 Å². The van der Waals surface area contributed by atoms with Gasteiger partial charge in [0.05, 0.1) is 0 Å². The zero-order valence-corrected chi connectivity index (χ0v) is 16.8. The average Bonchev–Trinajstić information content (AvgIpc) is 3.05. The third-order valence-electron chi connectivity index (χ3n) is 4.09. The third-order valence-corrected chi connectivity index (χ3v) is 4.26. The smallest absolute Gasteiger partial charge is 0.314 e. The summed E-state index contributed by atoms with van der Waals surface area (Å²) in [5.41, 5.74) is 0. The molecule has 1 aromatic heterocycles. The topological polar surface area (TPSA) is 82.9 Å². The van der Waals surface area contributed by atoms with Crippen molar-refractivity contribution in [1.82, 2.24) is 20.8 Å². The molecule has 0 saturated carbocycles. The number of H-pyrrole nitrogens is 1. The van der Waals surface area contributed by atoms with E-state index in [9.17, 15) is 4.79 Å². The second-order valence-electron chi connectivity index (χ2n) is 6.50. The van der Waals surface area contributed by atoms with Gasteiger partial charge in [-0.05, 0) is 57.2 Å². The molecule has 0 aliphatic carbocycles. The Hall–Kier alpha value is -1.63. The number of allylic oxidation sites excluding steroid dienone is 2. The van der Waals surface area contributed by atoms with Crippen LogP contribution in [0.5, 0.6) is 0 Å². The lowest BCUT2D eigenvalue weighted by atomic mass is 10.1. The molecule has 2 amide bonds. The first-order valence-electron chi connectivity index (χ1n) is 9.94. The molecule has 0 spiro atoms. The second-order valence-corrected chi connectivity index (χ2v) is 6.87. The van der Waals surface area contributed by atoms with Crippen LogP contribution in [0.4, 0.5) is 4.79 Å². The summed E-state index contributed by atoms with van der Waals surface area (Å²) in [6.07, 6.45) is 16.6. The molecule has 3 N–H and O–H groups in total. The van der Waals surface area contributed by atoms with E-state index in [2.05, 4.69) is 39.8 Å². The third kappa shape index (κ3) is 12.7. The van der Waals surface area contributed by atoms with E-state index in [0.717, 1.165) is 63.9 Å². The van der Waals surface area contributed by atoms with Gasteiger partial charge in [0, 0.05) is 19.5 Å². The summed E-state index contributed by atoms with van der Waals surface area (Å²) in [4.78, 5) is 14.8. The number of nitrogens with zero attached hydrogens (tertiary/aromatic N) is 1. The number of aromatic nitrogens is 2. The molecule has 0 fully saturated rings. The summed E-state index contributed by atoms with van der Waals surface area (Å²) in [6.45, 7) is 3.68. The Morgan fingerprint density at radius 3 is 2.31 bits per heavy atom. The van der Waals surface area contributed by atoms with Gasteiger partial charge in [-0.3, -0.25) is 4.98 Å². The minimum Gasteiger partial charge on any atom is -0.338 e. The number of hydrogen-bond acceptors (Lipinski definition) is 4. The van der Waals surface area contributed by atoms with Crippen molar-refractivity contribution in [2.24, 2.45) is 0 Å². The first kappa shape index (κ1) is 22.4. The summed E-state index contributed by atoms with van der Waals surface area (Å²) < 4.78 is 4.83. The van der Waals surface area contributed by atoms with E-state index in [1.165, 1.54) is 25.7 Å². The Morgan fingerprint density at radius 1 is 1.04 bits per heavy atom. The fourth-order valence-corrected chi connectivity index (χ4v) is 2.72. The number of rotatable bonds is 15. The summed E-state index contributed by atoms with van der Waals surface area (Å²) in [5, 5.41) is 9.64. The average molecular weight is 383 g/mol. The van der Waals surface area contributed by atoms with Crippen LogP contribution in [0.1, 0.15) is 77.0 Å². The number of hydrogen-bond donors (Lipinski definition) is 3. The second kappa shape index (κ2) is 15.6. The summed E-state index contributed by atoms with van der Waals surface area (Å²) in [6, 6.07) is -0.0382. The van der Waals surface area contributed by atoms with Crippen LogP contribution < -0.4 is 10.6 Å². The number of carbonyl (C=O) groups excluding carboxylic acids is 1. The molecule has 1 aromatic rings. The van der Waals surface area contributed by atoms with E-state index in [1.807, 2.05) is 0 Å². The van der Waals surface area contributed by atoms with Crippen molar-refractivity contribution in [1.29, 1.82) is 0 Å². The van der Waals surface area contributed by atoms with Gasteiger partial charge in [0.1, 0.15) is 5.82 Å². The van der Waals surface area contributed by atoms with E-state index in [0.29, 0.717) is 4.84 Å². The standard InChI is InChI=1S/C19H34N4O2S/c1-2-3-12-15-20-18(24)21-16-13-10-8-6-4-5-7-9-11-14-17-22-19(26)25-23-17/h4,6H,2-3,5,7-16H2,1H3,(H2,20,21,24)(H,22,23,26)/b6-4+. The molecule has 148 valence electrons. The first-order valence-corrected chi connectivity index (χ1v) is 10.3. The molecule has 0 radical (unpaired) electrons. The summed E-state index contributed by atoms with van der Waals surface area (Å²) in [5.74, 6) is 0.841. The predicted molar refractivity (Wildman–Crippen MR) is 108 cm³/mol. The molecule has 0 saturated heterocycles. The number of carbonyl (C=O) groups is 1. The molecule has 0 aliphatic rings. The summed E-state index contributed by atoms with van der Waals surface area (Å²) in [7, 11) is 0. The van der Waals surface area contributed by atoms with Gasteiger partial charge < -0.3 is 15.2 Å². The SMILES string of the molecule is CCCCCNC(=O)NCCCC/C=C/CCCCCc1noc(=S)[nH]1. The zero-order valence-electron chi connectivity index (χ0n) is 16.0. The lowest BCUT2D eigenvalue weighted by Crippen LogP contribution is -2.36. The van der Waals surface area contributed by atoms with E-state index >= 15 is 0 Å². The van der Waals surface area contributed by atoms with Gasteiger partial charge >= 0.3 is 6.03 Å². The highest BCUT2D eigenvalue weighted by molar-refractivity contribution is 7.71. The Kier molecular flexibility index (Phi) is 13.5. The van der Waals surface area contributed by atoms with Gasteiger partial charge in [0.15, 0.2) is 0 Å². The van der Waals surface area contributed by atoms with E-state index < -0.39 is 0 Å². The number of urea groups is 1. The molecular weight excluding hydrogens is 348 g/mol. The van der Waals surface area contributed by atoms with Crippen LogP contribution >= 0.6 is 12.2 Å². The number of amides is 2. The molecular formula is C19H34N4O2S. The highest BCUT2D eigenvalue weighted by Gasteiger charge is 1.98. The van der Waals surface area contributed by atoms with Crippen LogP contribution in [0.25, 0.3) is 0 Å². The minimum absolute atomic E-state index is 0.0382. The maximum absolute atomic E-state index is 11.5. The molecule has 0 unspecified atom stereocenters. The van der Waals surface area contributed by atoms with Crippen molar-refractivity contribution >= 4 is 18.2 Å². The van der Waals surface area contributed by atoms with Gasteiger partial charge in [-0.25, -0.2) is 4.79 Å². The fraction of sp³-hybridized carbons (Fsp3) is 0.737. The molecule has 26 heavy (non-hydrogen) atoms. The molecule has 0 aromatic carbocycles. The van der Waals surface area contributed by atoms with Gasteiger partial charge in [-0.1, -0.05) is 43.5 Å². The number of unbranched alkanes of at least 4 members (excludes halogenated alkanes) is 7. The van der Waals surface area contributed by atoms with Crippen LogP contribution in [0, 0.1) is 4.84 Å². The van der Waals surface area contributed by atoms with Crippen molar-refractivity contribution in [2.75, 3.05) is 13.1 Å². The Bertz CT molecular complexity index is 554. The summed E-state index contributed by atoms with van der Waals surface area (Å²) >= 11 is 4.84. The maximum atomic E-state index is 11.5. The molecule has 0 atom stereocenters. The van der Waals surface area contributed by atoms with E-state index in [1.54, 1.807) is 0 Å². The molecule has 1 rings (SSSR count). The van der Waals surface area contributed by atoms with Crippen LogP contribution in [0.3, 0.4) is 0 Å². The van der Waals surface area contributed by atoms with E-state index in [-0.39, 0.29) is 6.03 Å². The van der Waals surface area contributed by atoms with Crippen LogP contribution in [-0.4, -0.2) is 29.3 Å². The number of nitrogens with one attached hydrogen (secondary N) is 3. The molecule has 7 heteroatoms. The Labute approximate surface area is 162 Å². The van der Waals surface area contributed by atoms with Crippen molar-refractivity contribution < 1.29 is 9.32 Å². The maximum Gasteiger partial charge on any atom is 0.314 e.